The van der Waals surface area contributed by atoms with Crippen molar-refractivity contribution in [2.24, 2.45) is 0 Å². The molecule has 2 heterocycles. The van der Waals surface area contributed by atoms with Crippen LogP contribution in [0.3, 0.4) is 0 Å². The number of β-lactam (4-membered cyclic amide) rings is 1. The Labute approximate surface area is 162 Å². The van der Waals surface area contributed by atoms with E-state index in [9.17, 15) is 13.2 Å². The fourth-order valence-electron chi connectivity index (χ4n) is 2.99. The van der Waals surface area contributed by atoms with Gasteiger partial charge in [0, 0.05) is 18.0 Å². The molecular weight excluding hydrogens is 368 g/mol. The molecule has 0 spiro atoms. The van der Waals surface area contributed by atoms with Crippen molar-refractivity contribution >= 4 is 15.9 Å². The Bertz CT molecular complexity index is 721. The molecule has 0 aliphatic carbocycles. The summed E-state index contributed by atoms with van der Waals surface area (Å²) in [7, 11) is -1.68. The van der Waals surface area contributed by atoms with Gasteiger partial charge in [0.05, 0.1) is 18.2 Å². The summed E-state index contributed by atoms with van der Waals surface area (Å²) in [5.74, 6) is 1.89. The lowest BCUT2D eigenvalue weighted by atomic mass is 9.93. The molecule has 0 unspecified atom stereocenters. The summed E-state index contributed by atoms with van der Waals surface area (Å²) in [6.07, 6.45) is 5.40. The molecule has 1 aliphatic heterocycles. The average molecular weight is 401 g/mol. The smallest absolute Gasteiger partial charge is 0.225 e. The van der Waals surface area contributed by atoms with Crippen molar-refractivity contribution in [1.82, 2.24) is 9.62 Å². The van der Waals surface area contributed by atoms with Gasteiger partial charge in [-0.3, -0.25) is 4.79 Å². The number of sulfonamides is 1. The van der Waals surface area contributed by atoms with Crippen LogP contribution >= 0.6 is 0 Å². The van der Waals surface area contributed by atoms with Crippen LogP contribution in [0.25, 0.3) is 0 Å². The largest absolute Gasteiger partial charge is 0.488 e. The van der Waals surface area contributed by atoms with Crippen LogP contribution in [0.1, 0.15) is 58.6 Å². The average Bonchev–Trinajstić information content (AvgIpc) is 3.06. The highest BCUT2D eigenvalue weighted by Gasteiger charge is 2.36. The predicted molar refractivity (Wildman–Crippen MR) is 104 cm³/mol. The van der Waals surface area contributed by atoms with Gasteiger partial charge in [-0.05, 0) is 19.9 Å². The van der Waals surface area contributed by atoms with Crippen molar-refractivity contribution in [3.8, 4) is 5.75 Å². The fraction of sp³-hybridized carbons (Fsp3) is 0.737. The monoisotopic (exact) mass is 400 g/mol. The number of nitrogens with one attached hydrogen (secondary N) is 1. The first-order valence-corrected chi connectivity index (χ1v) is 11.2. The van der Waals surface area contributed by atoms with Crippen molar-refractivity contribution in [3.63, 3.8) is 0 Å². The van der Waals surface area contributed by atoms with Crippen LogP contribution in [0.15, 0.2) is 16.7 Å². The maximum Gasteiger partial charge on any atom is 0.225 e. The topological polar surface area (TPSA) is 88.9 Å². The Balaban J connectivity index is 1.66. The molecule has 7 nitrogen and oxygen atoms in total. The number of unbranched alkanes of at least 4 members (excludes halogenated alkanes) is 3. The number of amides is 1. The second-order valence-electron chi connectivity index (χ2n) is 8.09. The van der Waals surface area contributed by atoms with Crippen molar-refractivity contribution in [3.05, 3.63) is 18.1 Å². The van der Waals surface area contributed by atoms with Crippen molar-refractivity contribution in [1.29, 1.82) is 0 Å². The maximum atomic E-state index is 11.8. The van der Waals surface area contributed by atoms with E-state index in [0.717, 1.165) is 25.0 Å². The van der Waals surface area contributed by atoms with Gasteiger partial charge in [0.1, 0.15) is 18.6 Å². The molecule has 1 aromatic rings. The molecular formula is C19H32N2O5S. The van der Waals surface area contributed by atoms with E-state index in [2.05, 4.69) is 25.5 Å². The first kappa shape index (κ1) is 21.8. The molecule has 1 saturated heterocycles. The van der Waals surface area contributed by atoms with Gasteiger partial charge in [-0.2, -0.15) is 0 Å². The van der Waals surface area contributed by atoms with Crippen LogP contribution in [0.2, 0.25) is 0 Å². The van der Waals surface area contributed by atoms with Crippen molar-refractivity contribution in [2.45, 2.75) is 64.3 Å². The lowest BCUT2D eigenvalue weighted by molar-refractivity contribution is -0.147. The predicted octanol–water partition coefficient (Wildman–Crippen LogP) is 2.67. The lowest BCUT2D eigenvalue weighted by Crippen LogP contribution is -2.55. The summed E-state index contributed by atoms with van der Waals surface area (Å²) in [5, 5.41) is 0. The number of carbonyl (C=O) groups is 1. The molecule has 2 rings (SSSR count). The Kier molecular flexibility index (Phi) is 7.33. The maximum absolute atomic E-state index is 11.8. The molecule has 0 aromatic carbocycles. The molecule has 1 aliphatic rings. The third-order valence-corrected chi connectivity index (χ3v) is 6.25. The Morgan fingerprint density at radius 2 is 1.96 bits per heavy atom. The van der Waals surface area contributed by atoms with Gasteiger partial charge in [0.15, 0.2) is 5.75 Å². The van der Waals surface area contributed by atoms with Gasteiger partial charge in [-0.15, -0.1) is 0 Å². The molecule has 0 radical (unpaired) electrons. The van der Waals surface area contributed by atoms with Gasteiger partial charge in [-0.1, -0.05) is 33.6 Å². The minimum Gasteiger partial charge on any atom is -0.488 e. The van der Waals surface area contributed by atoms with Gasteiger partial charge in [0.25, 0.3) is 0 Å². The first-order chi connectivity index (χ1) is 12.6. The van der Waals surface area contributed by atoms with E-state index in [0.29, 0.717) is 31.7 Å². The number of hydrogen-bond acceptors (Lipinski definition) is 5. The van der Waals surface area contributed by atoms with Gasteiger partial charge in [0.2, 0.25) is 15.9 Å². The lowest BCUT2D eigenvalue weighted by Gasteiger charge is -2.40. The summed E-state index contributed by atoms with van der Waals surface area (Å²) < 4.78 is 36.3. The van der Waals surface area contributed by atoms with Gasteiger partial charge in [-0.25, -0.2) is 13.1 Å². The second kappa shape index (κ2) is 9.10. The Hall–Kier alpha value is -1.54. The molecule has 0 saturated carbocycles. The molecule has 1 N–H and O–H groups in total. The molecule has 27 heavy (non-hydrogen) atoms. The number of furan rings is 1. The zero-order valence-corrected chi connectivity index (χ0v) is 17.6. The van der Waals surface area contributed by atoms with E-state index in [1.54, 1.807) is 6.26 Å². The van der Waals surface area contributed by atoms with E-state index >= 15 is 0 Å². The van der Waals surface area contributed by atoms with Crippen LogP contribution < -0.4 is 9.46 Å². The van der Waals surface area contributed by atoms with Gasteiger partial charge < -0.3 is 14.1 Å². The summed E-state index contributed by atoms with van der Waals surface area (Å²) in [4.78, 5) is 13.7. The zero-order valence-electron chi connectivity index (χ0n) is 16.8. The van der Waals surface area contributed by atoms with Crippen LogP contribution in [-0.2, 0) is 20.2 Å². The third kappa shape index (κ3) is 6.53. The SMILES string of the molecule is CNS(=O)(=O)CCCCCCN1C(=O)C[C@@H]1COc1coc(C(C)(C)C)c1. The molecule has 154 valence electrons. The quantitative estimate of drug-likeness (QED) is 0.456. The van der Waals surface area contributed by atoms with E-state index in [-0.39, 0.29) is 23.1 Å². The van der Waals surface area contributed by atoms with E-state index < -0.39 is 10.0 Å². The van der Waals surface area contributed by atoms with Crippen LogP contribution in [0.5, 0.6) is 5.75 Å². The molecule has 1 fully saturated rings. The number of carbonyl (C=O) groups excluding carboxylic acids is 1. The Morgan fingerprint density at radius 1 is 1.26 bits per heavy atom. The van der Waals surface area contributed by atoms with Crippen LogP contribution in [0, 0.1) is 0 Å². The van der Waals surface area contributed by atoms with Gasteiger partial charge >= 0.3 is 0 Å². The number of hydrogen-bond donors (Lipinski definition) is 1. The van der Waals surface area contributed by atoms with Crippen molar-refractivity contribution < 1.29 is 22.4 Å². The number of nitrogens with zero attached hydrogens (tertiary/aromatic N) is 1. The highest BCUT2D eigenvalue weighted by Crippen LogP contribution is 2.28. The van der Waals surface area contributed by atoms with E-state index in [1.807, 2.05) is 11.0 Å². The van der Waals surface area contributed by atoms with E-state index in [1.165, 1.54) is 7.05 Å². The second-order valence-corrected chi connectivity index (χ2v) is 10.1. The standard InChI is InChI=1S/C19H32N2O5S/c1-19(2,3)17-12-16(14-26-17)25-13-15-11-18(22)21(15)9-7-5-6-8-10-27(23,24)20-4/h12,14-15,20H,5-11,13H2,1-4H3/t15-/m1/s1. The minimum absolute atomic E-state index is 0.0629. The number of rotatable bonds is 11. The number of ether oxygens (including phenoxy) is 1. The molecule has 8 heteroatoms. The number of likely N-dealkylation sites (tertiary alicyclic amines) is 1. The zero-order chi connectivity index (χ0) is 20.1. The molecule has 0 bridgehead atoms. The minimum atomic E-state index is -3.11. The summed E-state index contributed by atoms with van der Waals surface area (Å²) in [6.45, 7) is 7.40. The Morgan fingerprint density at radius 3 is 2.56 bits per heavy atom. The third-order valence-electron chi connectivity index (χ3n) is 4.80. The molecule has 1 atom stereocenters. The van der Waals surface area contributed by atoms with Crippen LogP contribution in [-0.4, -0.2) is 51.2 Å². The fourth-order valence-corrected chi connectivity index (χ4v) is 3.77. The first-order valence-electron chi connectivity index (χ1n) is 9.55. The summed E-state index contributed by atoms with van der Waals surface area (Å²) in [5.41, 5.74) is -0.0629. The summed E-state index contributed by atoms with van der Waals surface area (Å²) in [6, 6.07) is 2.01. The summed E-state index contributed by atoms with van der Waals surface area (Å²) >= 11 is 0. The van der Waals surface area contributed by atoms with Crippen LogP contribution in [0.4, 0.5) is 0 Å². The van der Waals surface area contributed by atoms with Crippen molar-refractivity contribution in [2.75, 3.05) is 26.0 Å². The normalized spacial score (nSPS) is 17.9. The molecule has 1 amide bonds. The molecule has 1 aromatic heterocycles. The van der Waals surface area contributed by atoms with E-state index in [4.69, 9.17) is 9.15 Å². The highest BCUT2D eigenvalue weighted by atomic mass is 32.2. The highest BCUT2D eigenvalue weighted by molar-refractivity contribution is 7.89.